The molecule has 20 heavy (non-hydrogen) atoms. The molecule has 0 aliphatic heterocycles. The zero-order valence-electron chi connectivity index (χ0n) is 11.0. The fourth-order valence-electron chi connectivity index (χ4n) is 2.04. The number of rotatable bonds is 4. The van der Waals surface area contributed by atoms with Gasteiger partial charge in [0.15, 0.2) is 0 Å². The first-order valence-corrected chi connectivity index (χ1v) is 7.34. The first-order chi connectivity index (χ1) is 9.51. The van der Waals surface area contributed by atoms with Crippen molar-refractivity contribution in [3.8, 4) is 0 Å². The summed E-state index contributed by atoms with van der Waals surface area (Å²) >= 11 is 9.36. The third kappa shape index (κ3) is 3.58. The molecule has 0 saturated heterocycles. The molecule has 0 fully saturated rings. The highest BCUT2D eigenvalue weighted by Gasteiger charge is 2.14. The lowest BCUT2D eigenvalue weighted by atomic mass is 9.98. The van der Waals surface area contributed by atoms with Gasteiger partial charge in [-0.25, -0.2) is 4.39 Å². The van der Waals surface area contributed by atoms with E-state index in [1.165, 1.54) is 6.07 Å². The second-order valence-corrected chi connectivity index (χ2v) is 5.95. The third-order valence-corrected chi connectivity index (χ3v) is 4.17. The van der Waals surface area contributed by atoms with Crippen LogP contribution in [0.15, 0.2) is 40.9 Å². The summed E-state index contributed by atoms with van der Waals surface area (Å²) in [5, 5.41) is 0.697. The van der Waals surface area contributed by atoms with Crippen molar-refractivity contribution in [3.05, 3.63) is 68.4 Å². The van der Waals surface area contributed by atoms with E-state index in [2.05, 4.69) is 21.4 Å². The molecule has 0 bridgehead atoms. The molecule has 5 heteroatoms. The molecule has 0 saturated carbocycles. The lowest BCUT2D eigenvalue weighted by molar-refractivity contribution is 0.543. The highest BCUT2D eigenvalue weighted by molar-refractivity contribution is 9.10. The molecule has 2 aromatic rings. The molecule has 2 aromatic carbocycles. The quantitative estimate of drug-likeness (QED) is 0.632. The van der Waals surface area contributed by atoms with Crippen LogP contribution >= 0.6 is 27.5 Å². The maximum Gasteiger partial charge on any atom is 0.137 e. The van der Waals surface area contributed by atoms with Gasteiger partial charge in [0.1, 0.15) is 5.82 Å². The smallest absolute Gasteiger partial charge is 0.137 e. The molecule has 0 spiro atoms. The van der Waals surface area contributed by atoms with Gasteiger partial charge in [-0.3, -0.25) is 11.3 Å². The normalized spacial score (nSPS) is 12.4. The highest BCUT2D eigenvalue weighted by atomic mass is 79.9. The number of hydrazine groups is 1. The van der Waals surface area contributed by atoms with Crippen LogP contribution < -0.4 is 11.3 Å². The van der Waals surface area contributed by atoms with Crippen LogP contribution in [0.5, 0.6) is 0 Å². The topological polar surface area (TPSA) is 38.0 Å². The van der Waals surface area contributed by atoms with Crippen molar-refractivity contribution >= 4 is 27.5 Å². The summed E-state index contributed by atoms with van der Waals surface area (Å²) in [6, 6.07) is 10.7. The zero-order valence-corrected chi connectivity index (χ0v) is 13.3. The van der Waals surface area contributed by atoms with E-state index < -0.39 is 0 Å². The predicted molar refractivity (Wildman–Crippen MR) is 84.1 cm³/mol. The van der Waals surface area contributed by atoms with Crippen LogP contribution in [0, 0.1) is 12.7 Å². The number of hydrogen-bond donors (Lipinski definition) is 2. The third-order valence-electron chi connectivity index (χ3n) is 3.18. The number of hydrogen-bond acceptors (Lipinski definition) is 2. The first kappa shape index (κ1) is 15.4. The van der Waals surface area contributed by atoms with Gasteiger partial charge >= 0.3 is 0 Å². The second-order valence-electron chi connectivity index (χ2n) is 4.69. The lowest BCUT2D eigenvalue weighted by Crippen LogP contribution is -2.29. The van der Waals surface area contributed by atoms with Gasteiger partial charge in [0, 0.05) is 5.02 Å². The molecule has 0 radical (unpaired) electrons. The summed E-state index contributed by atoms with van der Waals surface area (Å²) in [7, 11) is 0. The summed E-state index contributed by atoms with van der Waals surface area (Å²) in [5.41, 5.74) is 5.57. The first-order valence-electron chi connectivity index (χ1n) is 6.17. The van der Waals surface area contributed by atoms with Gasteiger partial charge in [0.05, 0.1) is 10.5 Å². The number of benzene rings is 2. The number of aryl methyl sites for hydroxylation is 1. The Balaban J connectivity index is 2.26. The van der Waals surface area contributed by atoms with E-state index >= 15 is 0 Å². The average Bonchev–Trinajstić information content (AvgIpc) is 2.41. The Hall–Kier alpha value is -0.940. The minimum absolute atomic E-state index is 0.196. The Morgan fingerprint density at radius 2 is 2.05 bits per heavy atom. The fourth-order valence-corrected chi connectivity index (χ4v) is 2.60. The van der Waals surface area contributed by atoms with Crippen LogP contribution in [0.25, 0.3) is 0 Å². The summed E-state index contributed by atoms with van der Waals surface area (Å²) < 4.78 is 14.0. The molecule has 3 N–H and O–H groups in total. The van der Waals surface area contributed by atoms with Crippen molar-refractivity contribution in [2.45, 2.75) is 19.4 Å². The van der Waals surface area contributed by atoms with Crippen LogP contribution in [0.1, 0.15) is 22.7 Å². The van der Waals surface area contributed by atoms with Crippen molar-refractivity contribution < 1.29 is 4.39 Å². The average molecular weight is 358 g/mol. The van der Waals surface area contributed by atoms with Gasteiger partial charge in [-0.15, -0.1) is 0 Å². The zero-order chi connectivity index (χ0) is 14.7. The monoisotopic (exact) mass is 356 g/mol. The Morgan fingerprint density at radius 3 is 2.65 bits per heavy atom. The molecule has 0 heterocycles. The molecule has 0 amide bonds. The van der Waals surface area contributed by atoms with Gasteiger partial charge in [-0.1, -0.05) is 29.8 Å². The minimum atomic E-state index is -0.308. The van der Waals surface area contributed by atoms with Gasteiger partial charge in [0.2, 0.25) is 0 Å². The molecule has 1 unspecified atom stereocenters. The van der Waals surface area contributed by atoms with E-state index in [1.807, 2.05) is 31.2 Å². The largest absolute Gasteiger partial charge is 0.271 e. The summed E-state index contributed by atoms with van der Waals surface area (Å²) in [5.74, 6) is 5.29. The Bertz CT molecular complexity index is 619. The van der Waals surface area contributed by atoms with Crippen LogP contribution in [0.3, 0.4) is 0 Å². The molecule has 2 rings (SSSR count). The molecule has 1 atom stereocenters. The molecular formula is C15H15BrClFN2. The van der Waals surface area contributed by atoms with E-state index in [4.69, 9.17) is 17.4 Å². The van der Waals surface area contributed by atoms with Crippen LogP contribution in [0.2, 0.25) is 5.02 Å². The maximum absolute atomic E-state index is 13.6. The maximum atomic E-state index is 13.6. The van der Waals surface area contributed by atoms with E-state index in [0.717, 1.165) is 16.7 Å². The SMILES string of the molecule is Cc1ccc(CC(NN)c2ccc(Br)c(F)c2)c(Cl)c1. The molecule has 0 aliphatic rings. The Labute approximate surface area is 131 Å². The second kappa shape index (κ2) is 6.68. The van der Waals surface area contributed by atoms with Gasteiger partial charge < -0.3 is 0 Å². The standard InChI is InChI=1S/C15H15BrClFN2/c1-9-2-3-10(13(17)6-9)8-15(20-19)11-4-5-12(16)14(18)7-11/h2-7,15,20H,8,19H2,1H3. The molecule has 0 aliphatic carbocycles. The number of nitrogens with two attached hydrogens (primary N) is 1. The molecule has 106 valence electrons. The van der Waals surface area contributed by atoms with Crippen LogP contribution in [-0.2, 0) is 6.42 Å². The van der Waals surface area contributed by atoms with E-state index in [0.29, 0.717) is 15.9 Å². The molecule has 2 nitrogen and oxygen atoms in total. The van der Waals surface area contributed by atoms with E-state index in [9.17, 15) is 4.39 Å². The molecular weight excluding hydrogens is 343 g/mol. The van der Waals surface area contributed by atoms with Crippen LogP contribution in [-0.4, -0.2) is 0 Å². The summed E-state index contributed by atoms with van der Waals surface area (Å²) in [6.07, 6.45) is 0.594. The number of halogens is 3. The van der Waals surface area contributed by atoms with Crippen molar-refractivity contribution in [2.75, 3.05) is 0 Å². The lowest BCUT2D eigenvalue weighted by Gasteiger charge is -2.18. The fraction of sp³-hybridized carbons (Fsp3) is 0.200. The molecule has 0 aromatic heterocycles. The van der Waals surface area contributed by atoms with Crippen LogP contribution in [0.4, 0.5) is 4.39 Å². The summed E-state index contributed by atoms with van der Waals surface area (Å²) in [4.78, 5) is 0. The van der Waals surface area contributed by atoms with Gasteiger partial charge in [0.25, 0.3) is 0 Å². The Morgan fingerprint density at radius 1 is 1.30 bits per heavy atom. The van der Waals surface area contributed by atoms with Gasteiger partial charge in [-0.05, 0) is 64.2 Å². The van der Waals surface area contributed by atoms with Crippen molar-refractivity contribution in [2.24, 2.45) is 5.84 Å². The van der Waals surface area contributed by atoms with E-state index in [1.54, 1.807) is 6.07 Å². The minimum Gasteiger partial charge on any atom is -0.271 e. The van der Waals surface area contributed by atoms with E-state index in [-0.39, 0.29) is 11.9 Å². The number of nitrogens with one attached hydrogen (secondary N) is 1. The van der Waals surface area contributed by atoms with Crippen molar-refractivity contribution in [3.63, 3.8) is 0 Å². The van der Waals surface area contributed by atoms with Crippen molar-refractivity contribution in [1.82, 2.24) is 5.43 Å². The highest BCUT2D eigenvalue weighted by Crippen LogP contribution is 2.26. The Kier molecular flexibility index (Phi) is 5.16. The predicted octanol–water partition coefficient (Wildman–Crippen LogP) is 4.30. The van der Waals surface area contributed by atoms with Gasteiger partial charge in [-0.2, -0.15) is 0 Å². The van der Waals surface area contributed by atoms with Crippen molar-refractivity contribution in [1.29, 1.82) is 0 Å². The summed E-state index contributed by atoms with van der Waals surface area (Å²) in [6.45, 7) is 1.98.